The number of aliphatic carboxylic acids is 1. The van der Waals surface area contributed by atoms with Crippen LogP contribution in [-0.2, 0) is 19.3 Å². The number of hydrogen-bond acceptors (Lipinski definition) is 6. The first-order valence-electron chi connectivity index (χ1n) is 8.66. The zero-order valence-corrected chi connectivity index (χ0v) is 15.2. The number of hydrogen-bond donors (Lipinski definition) is 2. The van der Waals surface area contributed by atoms with Crippen molar-refractivity contribution in [1.82, 2.24) is 5.48 Å². The first-order chi connectivity index (χ1) is 14.1. The van der Waals surface area contributed by atoms with Crippen LogP contribution in [0.1, 0.15) is 23.0 Å². The van der Waals surface area contributed by atoms with Crippen LogP contribution in [0.4, 0.5) is 0 Å². The van der Waals surface area contributed by atoms with E-state index < -0.39 is 30.3 Å². The van der Waals surface area contributed by atoms with Gasteiger partial charge in [-0.2, -0.15) is 0 Å². The summed E-state index contributed by atoms with van der Waals surface area (Å²) in [5.41, 5.74) is 3.57. The molecule has 3 rings (SSSR count). The van der Waals surface area contributed by atoms with Crippen LogP contribution in [0.15, 0.2) is 88.6 Å². The molecular weight excluding hydrogens is 376 g/mol. The molecule has 0 saturated carbocycles. The third-order valence-corrected chi connectivity index (χ3v) is 3.80. The molecule has 0 aliphatic carbocycles. The predicted molar refractivity (Wildman–Crippen MR) is 103 cm³/mol. The van der Waals surface area contributed by atoms with Crippen LogP contribution in [0.25, 0.3) is 0 Å². The van der Waals surface area contributed by atoms with E-state index in [1.165, 1.54) is 18.4 Å². The largest absolute Gasteiger partial charge is 0.476 e. The molecule has 0 aliphatic rings. The molecule has 2 aromatic carbocycles. The Bertz CT molecular complexity index is 916. The summed E-state index contributed by atoms with van der Waals surface area (Å²) in [6.45, 7) is -0.534. The van der Waals surface area contributed by atoms with E-state index in [0.717, 1.165) is 11.1 Å². The molecule has 0 fully saturated rings. The maximum absolute atomic E-state index is 12.0. The highest BCUT2D eigenvalue weighted by Gasteiger charge is 2.18. The molecule has 8 heteroatoms. The first kappa shape index (κ1) is 19.8. The zero-order chi connectivity index (χ0) is 20.5. The highest BCUT2D eigenvalue weighted by Crippen LogP contribution is 2.24. The lowest BCUT2D eigenvalue weighted by Gasteiger charge is -2.18. The number of hydroxylamine groups is 1. The Labute approximate surface area is 166 Å². The number of carbonyl (C=O) groups excluding carboxylic acids is 1. The van der Waals surface area contributed by atoms with Gasteiger partial charge in [0.05, 0.1) is 6.26 Å². The van der Waals surface area contributed by atoms with Crippen LogP contribution in [0.5, 0.6) is 0 Å². The van der Waals surface area contributed by atoms with Gasteiger partial charge in [0.2, 0.25) is 5.71 Å². The Hall–Kier alpha value is -3.91. The Morgan fingerprint density at radius 2 is 1.59 bits per heavy atom. The van der Waals surface area contributed by atoms with Crippen molar-refractivity contribution < 1.29 is 28.8 Å². The van der Waals surface area contributed by atoms with Gasteiger partial charge in [-0.15, -0.1) is 0 Å². The molecule has 0 radical (unpaired) electrons. The number of carbonyl (C=O) groups is 2. The second-order valence-corrected chi connectivity index (χ2v) is 5.84. The van der Waals surface area contributed by atoms with Gasteiger partial charge < -0.3 is 14.4 Å². The fraction of sp³-hybridized carbons (Fsp3) is 0.0952. The van der Waals surface area contributed by atoms with Gasteiger partial charge in [-0.05, 0) is 23.3 Å². The molecular formula is C21H18N2O6. The minimum Gasteiger partial charge on any atom is -0.476 e. The normalized spacial score (nSPS) is 11.3. The summed E-state index contributed by atoms with van der Waals surface area (Å²) in [7, 11) is 0. The molecule has 0 unspecified atom stereocenters. The van der Waals surface area contributed by atoms with Crippen LogP contribution in [0, 0.1) is 0 Å². The van der Waals surface area contributed by atoms with E-state index in [1.54, 1.807) is 0 Å². The van der Waals surface area contributed by atoms with E-state index in [9.17, 15) is 9.59 Å². The average molecular weight is 394 g/mol. The Morgan fingerprint density at radius 1 is 0.966 bits per heavy atom. The number of furan rings is 1. The van der Waals surface area contributed by atoms with Crippen molar-refractivity contribution in [2.24, 2.45) is 5.16 Å². The molecule has 0 atom stereocenters. The monoisotopic (exact) mass is 394 g/mol. The third kappa shape index (κ3) is 5.53. The Kier molecular flexibility index (Phi) is 6.75. The molecule has 8 nitrogen and oxygen atoms in total. The van der Waals surface area contributed by atoms with Gasteiger partial charge in [0.15, 0.2) is 12.4 Å². The zero-order valence-electron chi connectivity index (χ0n) is 15.2. The predicted octanol–water partition coefficient (Wildman–Crippen LogP) is 2.92. The number of oxime groups is 1. The SMILES string of the molecule is O=C(CON=C(C(=O)O)c1ccco1)NOC(c1ccccc1)c1ccccc1. The van der Waals surface area contributed by atoms with Gasteiger partial charge in [0, 0.05) is 0 Å². The van der Waals surface area contributed by atoms with Crippen LogP contribution >= 0.6 is 0 Å². The molecule has 0 bridgehead atoms. The van der Waals surface area contributed by atoms with Crippen molar-refractivity contribution in [3.8, 4) is 0 Å². The number of nitrogens with one attached hydrogen (secondary N) is 1. The number of carboxylic acid groups (broad SMARTS) is 1. The topological polar surface area (TPSA) is 110 Å². The van der Waals surface area contributed by atoms with Crippen LogP contribution in [-0.4, -0.2) is 29.3 Å². The maximum atomic E-state index is 12.0. The van der Waals surface area contributed by atoms with Gasteiger partial charge in [0.1, 0.15) is 6.10 Å². The molecule has 1 amide bonds. The summed E-state index contributed by atoms with van der Waals surface area (Å²) in [4.78, 5) is 33.7. The number of nitrogens with zero attached hydrogens (tertiary/aromatic N) is 1. The van der Waals surface area contributed by atoms with E-state index in [0.29, 0.717) is 0 Å². The molecule has 2 N–H and O–H groups in total. The van der Waals surface area contributed by atoms with Gasteiger partial charge in [-0.3, -0.25) is 9.63 Å². The molecule has 0 saturated heterocycles. The van der Waals surface area contributed by atoms with Crippen LogP contribution in [0.3, 0.4) is 0 Å². The molecule has 0 spiro atoms. The van der Waals surface area contributed by atoms with E-state index in [-0.39, 0.29) is 5.76 Å². The van der Waals surface area contributed by atoms with Gasteiger partial charge in [0.25, 0.3) is 5.91 Å². The number of amides is 1. The highest BCUT2D eigenvalue weighted by molar-refractivity contribution is 6.41. The summed E-state index contributed by atoms with van der Waals surface area (Å²) in [6.07, 6.45) is 0.782. The van der Waals surface area contributed by atoms with E-state index in [2.05, 4.69) is 10.6 Å². The van der Waals surface area contributed by atoms with Crippen molar-refractivity contribution in [1.29, 1.82) is 0 Å². The van der Waals surface area contributed by atoms with Crippen molar-refractivity contribution in [3.05, 3.63) is 95.9 Å². The van der Waals surface area contributed by atoms with Crippen molar-refractivity contribution in [3.63, 3.8) is 0 Å². The van der Waals surface area contributed by atoms with Crippen molar-refractivity contribution in [2.75, 3.05) is 6.61 Å². The Morgan fingerprint density at radius 3 is 2.10 bits per heavy atom. The second kappa shape index (κ2) is 9.86. The fourth-order valence-electron chi connectivity index (χ4n) is 2.50. The minimum atomic E-state index is -1.34. The second-order valence-electron chi connectivity index (χ2n) is 5.84. The quantitative estimate of drug-likeness (QED) is 0.426. The van der Waals surface area contributed by atoms with E-state index in [1.807, 2.05) is 60.7 Å². The van der Waals surface area contributed by atoms with Crippen LogP contribution in [0.2, 0.25) is 0 Å². The highest BCUT2D eigenvalue weighted by atomic mass is 16.7. The van der Waals surface area contributed by atoms with Gasteiger partial charge in [-0.25, -0.2) is 10.3 Å². The molecule has 0 aliphatic heterocycles. The minimum absolute atomic E-state index is 0.0161. The summed E-state index contributed by atoms with van der Waals surface area (Å²) >= 11 is 0. The molecule has 1 aromatic heterocycles. The smallest absolute Gasteiger partial charge is 0.361 e. The molecule has 1 heterocycles. The molecule has 3 aromatic rings. The van der Waals surface area contributed by atoms with Crippen molar-refractivity contribution in [2.45, 2.75) is 6.10 Å². The summed E-state index contributed by atoms with van der Waals surface area (Å²) in [6, 6.07) is 21.7. The molecule has 148 valence electrons. The van der Waals surface area contributed by atoms with Crippen LogP contribution < -0.4 is 5.48 Å². The summed E-state index contributed by atoms with van der Waals surface area (Å²) in [5, 5.41) is 12.6. The number of carboxylic acids is 1. The van der Waals surface area contributed by atoms with Gasteiger partial charge >= 0.3 is 5.97 Å². The summed E-state index contributed by atoms with van der Waals surface area (Å²) < 4.78 is 4.97. The lowest BCUT2D eigenvalue weighted by atomic mass is 10.0. The van der Waals surface area contributed by atoms with Crippen molar-refractivity contribution >= 4 is 17.6 Å². The average Bonchev–Trinajstić information content (AvgIpc) is 3.27. The fourth-order valence-corrected chi connectivity index (χ4v) is 2.50. The summed E-state index contributed by atoms with van der Waals surface area (Å²) in [5.74, 6) is -1.96. The Balaban J connectivity index is 1.60. The standard InChI is InChI=1S/C21H18N2O6/c24-18(14-28-23-19(21(25)26)17-12-7-13-27-17)22-29-20(15-8-3-1-4-9-15)16-10-5-2-6-11-16/h1-13,20H,14H2,(H,22,24)(H,25,26). The number of rotatable bonds is 9. The maximum Gasteiger partial charge on any atom is 0.361 e. The van der Waals surface area contributed by atoms with Gasteiger partial charge in [-0.1, -0.05) is 65.8 Å². The van der Waals surface area contributed by atoms with E-state index >= 15 is 0 Å². The lowest BCUT2D eigenvalue weighted by Crippen LogP contribution is -2.29. The third-order valence-electron chi connectivity index (χ3n) is 3.80. The molecule has 29 heavy (non-hydrogen) atoms. The van der Waals surface area contributed by atoms with E-state index in [4.69, 9.17) is 19.2 Å². The number of benzene rings is 2. The first-order valence-corrected chi connectivity index (χ1v) is 8.66. The lowest BCUT2D eigenvalue weighted by molar-refractivity contribution is -0.142.